The molecule has 1 N–H and O–H groups in total. The number of aliphatic imine (C=N–C) groups is 1. The number of hydrogen-bond acceptors (Lipinski definition) is 3. The third-order valence-corrected chi connectivity index (χ3v) is 5.26. The molecule has 0 aliphatic heterocycles. The number of guanidine groups is 1. The standard InChI is InChI=1S/C17H30N6/c1-4-18-17(22(2)11-16-19-12-20-23(16)3)21-15-10-14(15)13-8-6-5-7-9-13/h12-15H,4-11H2,1-3H3,(H,18,21). The Hall–Kier alpha value is -1.59. The van der Waals surface area contributed by atoms with Crippen LogP contribution in [0.3, 0.4) is 0 Å². The molecule has 0 spiro atoms. The third kappa shape index (κ3) is 4.03. The number of nitrogens with zero attached hydrogens (tertiary/aromatic N) is 5. The molecule has 128 valence electrons. The smallest absolute Gasteiger partial charge is 0.194 e. The number of nitrogens with one attached hydrogen (secondary N) is 1. The molecule has 6 heteroatoms. The lowest BCUT2D eigenvalue weighted by Gasteiger charge is -2.24. The summed E-state index contributed by atoms with van der Waals surface area (Å²) in [4.78, 5) is 11.1. The van der Waals surface area contributed by atoms with Crippen LogP contribution in [0, 0.1) is 11.8 Å². The summed E-state index contributed by atoms with van der Waals surface area (Å²) in [5, 5.41) is 7.83. The molecule has 1 heterocycles. The maximum atomic E-state index is 4.67. The zero-order valence-electron chi connectivity index (χ0n) is 14.7. The van der Waals surface area contributed by atoms with Gasteiger partial charge in [0.15, 0.2) is 5.96 Å². The van der Waals surface area contributed by atoms with Crippen LogP contribution in [-0.4, -0.2) is 45.3 Å². The topological polar surface area (TPSA) is 58.3 Å². The van der Waals surface area contributed by atoms with Crippen LogP contribution in [-0.2, 0) is 13.6 Å². The molecular formula is C17H30N6. The van der Waals surface area contributed by atoms with E-state index in [1.807, 2.05) is 11.7 Å². The molecule has 2 atom stereocenters. The first kappa shape index (κ1) is 16.3. The van der Waals surface area contributed by atoms with E-state index in [0.717, 1.165) is 36.7 Å². The van der Waals surface area contributed by atoms with Crippen LogP contribution < -0.4 is 5.32 Å². The molecule has 2 fully saturated rings. The van der Waals surface area contributed by atoms with Crippen LogP contribution in [0.15, 0.2) is 11.3 Å². The second-order valence-electron chi connectivity index (χ2n) is 7.00. The maximum Gasteiger partial charge on any atom is 0.194 e. The average Bonchev–Trinajstić information content (AvgIpc) is 3.22. The molecule has 2 unspecified atom stereocenters. The molecule has 2 aliphatic carbocycles. The highest BCUT2D eigenvalue weighted by Gasteiger charge is 2.43. The molecular weight excluding hydrogens is 288 g/mol. The van der Waals surface area contributed by atoms with Crippen LogP contribution in [0.25, 0.3) is 0 Å². The molecule has 0 saturated heterocycles. The minimum absolute atomic E-state index is 0.616. The number of aromatic nitrogens is 3. The molecule has 0 amide bonds. The Morgan fingerprint density at radius 2 is 2.17 bits per heavy atom. The van der Waals surface area contributed by atoms with Crippen LogP contribution in [0.2, 0.25) is 0 Å². The number of rotatable bonds is 5. The van der Waals surface area contributed by atoms with E-state index < -0.39 is 0 Å². The second kappa shape index (κ2) is 7.32. The summed E-state index contributed by atoms with van der Waals surface area (Å²) in [5.41, 5.74) is 0. The third-order valence-electron chi connectivity index (χ3n) is 5.26. The van der Waals surface area contributed by atoms with Crippen LogP contribution >= 0.6 is 0 Å². The largest absolute Gasteiger partial charge is 0.353 e. The molecule has 2 aliphatic rings. The van der Waals surface area contributed by atoms with Crippen LogP contribution in [0.5, 0.6) is 0 Å². The van der Waals surface area contributed by atoms with Crippen molar-refractivity contribution in [3.05, 3.63) is 12.2 Å². The normalized spacial score (nSPS) is 25.4. The van der Waals surface area contributed by atoms with Crippen molar-refractivity contribution in [2.45, 2.75) is 58.0 Å². The van der Waals surface area contributed by atoms with E-state index in [9.17, 15) is 0 Å². The van der Waals surface area contributed by atoms with Crippen molar-refractivity contribution >= 4 is 5.96 Å². The highest BCUT2D eigenvalue weighted by atomic mass is 15.4. The van der Waals surface area contributed by atoms with Crippen LogP contribution in [0.4, 0.5) is 0 Å². The van der Waals surface area contributed by atoms with Crippen molar-refractivity contribution in [1.82, 2.24) is 25.0 Å². The highest BCUT2D eigenvalue weighted by Crippen LogP contribution is 2.44. The Morgan fingerprint density at radius 3 is 2.83 bits per heavy atom. The van der Waals surface area contributed by atoms with Gasteiger partial charge in [-0.15, -0.1) is 0 Å². The van der Waals surface area contributed by atoms with E-state index in [4.69, 9.17) is 0 Å². The fraction of sp³-hybridized carbons (Fsp3) is 0.824. The van der Waals surface area contributed by atoms with Crippen molar-refractivity contribution in [2.75, 3.05) is 13.6 Å². The zero-order valence-corrected chi connectivity index (χ0v) is 14.7. The summed E-state index contributed by atoms with van der Waals surface area (Å²) in [6, 6.07) is 0.616. The molecule has 3 rings (SSSR count). The quantitative estimate of drug-likeness (QED) is 0.668. The molecule has 1 aromatic rings. The second-order valence-corrected chi connectivity index (χ2v) is 7.00. The predicted octanol–water partition coefficient (Wildman–Crippen LogP) is 2.18. The van der Waals surface area contributed by atoms with Gasteiger partial charge in [0.25, 0.3) is 0 Å². The van der Waals surface area contributed by atoms with E-state index in [2.05, 4.69) is 39.3 Å². The van der Waals surface area contributed by atoms with Crippen molar-refractivity contribution in [3.8, 4) is 0 Å². The molecule has 23 heavy (non-hydrogen) atoms. The Morgan fingerprint density at radius 1 is 1.39 bits per heavy atom. The van der Waals surface area contributed by atoms with Crippen molar-refractivity contribution in [3.63, 3.8) is 0 Å². The lowest BCUT2D eigenvalue weighted by molar-refractivity contribution is 0.314. The average molecular weight is 318 g/mol. The van der Waals surface area contributed by atoms with Gasteiger partial charge in [-0.2, -0.15) is 5.10 Å². The molecule has 2 saturated carbocycles. The van der Waals surface area contributed by atoms with Gasteiger partial charge in [0, 0.05) is 26.7 Å². The molecule has 0 radical (unpaired) electrons. The van der Waals surface area contributed by atoms with E-state index in [1.54, 1.807) is 6.33 Å². The van der Waals surface area contributed by atoms with Crippen molar-refractivity contribution < 1.29 is 0 Å². The van der Waals surface area contributed by atoms with Gasteiger partial charge in [-0.3, -0.25) is 9.67 Å². The molecule has 1 aromatic heterocycles. The first-order chi connectivity index (χ1) is 11.2. The summed E-state index contributed by atoms with van der Waals surface area (Å²) in [6.07, 6.45) is 10.1. The summed E-state index contributed by atoms with van der Waals surface area (Å²) in [5.74, 6) is 3.75. The first-order valence-electron chi connectivity index (χ1n) is 9.04. The summed E-state index contributed by atoms with van der Waals surface area (Å²) in [6.45, 7) is 3.61. The minimum atomic E-state index is 0.616. The van der Waals surface area contributed by atoms with Gasteiger partial charge in [-0.05, 0) is 25.2 Å². The molecule has 0 bridgehead atoms. The van der Waals surface area contributed by atoms with Crippen LogP contribution in [0.1, 0.15) is 51.3 Å². The monoisotopic (exact) mass is 318 g/mol. The van der Waals surface area contributed by atoms with Gasteiger partial charge >= 0.3 is 0 Å². The van der Waals surface area contributed by atoms with Gasteiger partial charge < -0.3 is 10.2 Å². The Labute approximate surface area is 139 Å². The van der Waals surface area contributed by atoms with E-state index in [0.29, 0.717) is 6.04 Å². The Bertz CT molecular complexity index is 531. The highest BCUT2D eigenvalue weighted by molar-refractivity contribution is 5.80. The van der Waals surface area contributed by atoms with E-state index >= 15 is 0 Å². The SMILES string of the molecule is CCN=C(NC1CC1C1CCCCC1)N(C)Cc1ncnn1C. The van der Waals surface area contributed by atoms with Gasteiger partial charge in [0.05, 0.1) is 6.54 Å². The fourth-order valence-corrected chi connectivity index (χ4v) is 3.81. The summed E-state index contributed by atoms with van der Waals surface area (Å²) >= 11 is 0. The molecule has 6 nitrogen and oxygen atoms in total. The fourth-order valence-electron chi connectivity index (χ4n) is 3.81. The first-order valence-corrected chi connectivity index (χ1v) is 9.04. The van der Waals surface area contributed by atoms with Gasteiger partial charge in [0.2, 0.25) is 0 Å². The number of hydrogen-bond donors (Lipinski definition) is 1. The van der Waals surface area contributed by atoms with E-state index in [-0.39, 0.29) is 0 Å². The van der Waals surface area contributed by atoms with Crippen molar-refractivity contribution in [1.29, 1.82) is 0 Å². The summed E-state index contributed by atoms with van der Waals surface area (Å²) in [7, 11) is 4.01. The minimum Gasteiger partial charge on any atom is -0.353 e. The van der Waals surface area contributed by atoms with Gasteiger partial charge in [0.1, 0.15) is 12.2 Å². The zero-order chi connectivity index (χ0) is 16.2. The Balaban J connectivity index is 1.55. The van der Waals surface area contributed by atoms with Gasteiger partial charge in [-0.25, -0.2) is 4.98 Å². The Kier molecular flexibility index (Phi) is 5.18. The lowest BCUT2D eigenvalue weighted by atomic mass is 9.85. The van der Waals surface area contributed by atoms with E-state index in [1.165, 1.54) is 38.5 Å². The number of aryl methyl sites for hydroxylation is 1. The van der Waals surface area contributed by atoms with Crippen molar-refractivity contribution in [2.24, 2.45) is 23.9 Å². The predicted molar refractivity (Wildman–Crippen MR) is 92.1 cm³/mol. The molecule has 0 aromatic carbocycles. The van der Waals surface area contributed by atoms with Gasteiger partial charge in [-0.1, -0.05) is 32.1 Å². The lowest BCUT2D eigenvalue weighted by Crippen LogP contribution is -2.41. The maximum absolute atomic E-state index is 4.67. The summed E-state index contributed by atoms with van der Waals surface area (Å²) < 4.78 is 1.82.